The van der Waals surface area contributed by atoms with Gasteiger partial charge in [-0.1, -0.05) is 0 Å². The van der Waals surface area contributed by atoms with Gasteiger partial charge in [-0.25, -0.2) is 0 Å². The molecule has 4 saturated heterocycles. The second-order valence-electron chi connectivity index (χ2n) is 5.45. The molecule has 4 aliphatic heterocycles. The zero-order valence-corrected chi connectivity index (χ0v) is 9.79. The van der Waals surface area contributed by atoms with Gasteiger partial charge in [0.25, 0.3) is 0 Å². The molecule has 4 aliphatic rings. The molecule has 0 aliphatic carbocycles. The van der Waals surface area contributed by atoms with Gasteiger partial charge in [0, 0.05) is 0 Å². The van der Waals surface area contributed by atoms with Crippen LogP contribution in [0.25, 0.3) is 0 Å². The third kappa shape index (κ3) is 1.32. The maximum Gasteiger partial charge on any atom is 0.229 e. The highest BCUT2D eigenvalue weighted by Gasteiger charge is 2.60. The van der Waals surface area contributed by atoms with Crippen LogP contribution >= 0.6 is 0 Å². The smallest absolute Gasteiger partial charge is 0.229 e. The first-order chi connectivity index (χ1) is 8.03. The monoisotopic (exact) mass is 241 g/mol. The van der Waals surface area contributed by atoms with Gasteiger partial charge in [-0.15, -0.1) is 0 Å². The van der Waals surface area contributed by atoms with Crippen LogP contribution < -0.4 is 0 Å². The first kappa shape index (κ1) is 10.3. The molecule has 0 N–H and O–H groups in total. The number of hydrogen-bond donors (Lipinski definition) is 0. The molecular weight excluding hydrogens is 226 g/mol. The fraction of sp³-hybridized carbons (Fsp3) is 0.909. The number of fused-ring (bicyclic) bond motifs is 4. The topological polar surface area (TPSA) is 57.2 Å². The summed E-state index contributed by atoms with van der Waals surface area (Å²) >= 11 is 0. The Balaban J connectivity index is 1.55. The maximum atomic E-state index is 11.3. The SMILES string of the molecule is CC1(C)O[C@H]2O[C@@H]3CN4C(=O)C[C@H]4O[C@@H]3[C@H]2O1. The van der Waals surface area contributed by atoms with Crippen LogP contribution in [0.2, 0.25) is 0 Å². The number of rotatable bonds is 0. The first-order valence-electron chi connectivity index (χ1n) is 5.99. The predicted octanol–water partition coefficient (Wildman–Crippen LogP) is -0.180. The zero-order chi connectivity index (χ0) is 11.8. The van der Waals surface area contributed by atoms with Crippen LogP contribution in [0.3, 0.4) is 0 Å². The van der Waals surface area contributed by atoms with Crippen molar-refractivity contribution in [3.8, 4) is 0 Å². The average molecular weight is 241 g/mol. The molecule has 0 aromatic rings. The summed E-state index contributed by atoms with van der Waals surface area (Å²) in [4.78, 5) is 13.0. The standard InChI is InChI=1S/C11H15NO5/c1-11(2)16-9-8-5(14-10(9)17-11)4-12-6(13)3-7(12)15-8/h5,7-10H,3-4H2,1-2H3/t5-,7-,8+,9-,10-/m1/s1. The van der Waals surface area contributed by atoms with E-state index in [4.69, 9.17) is 18.9 Å². The van der Waals surface area contributed by atoms with Crippen LogP contribution in [0.5, 0.6) is 0 Å². The lowest BCUT2D eigenvalue weighted by Crippen LogP contribution is -2.64. The molecule has 1 amide bonds. The van der Waals surface area contributed by atoms with E-state index in [1.807, 2.05) is 13.8 Å². The highest BCUT2D eigenvalue weighted by atomic mass is 16.8. The normalized spacial score (nSPS) is 50.6. The number of carbonyl (C=O) groups excluding carboxylic acids is 1. The molecule has 0 saturated carbocycles. The molecule has 4 heterocycles. The molecule has 6 heteroatoms. The van der Waals surface area contributed by atoms with Crippen molar-refractivity contribution in [2.75, 3.05) is 6.54 Å². The molecule has 6 nitrogen and oxygen atoms in total. The summed E-state index contributed by atoms with van der Waals surface area (Å²) in [5, 5.41) is 0. The summed E-state index contributed by atoms with van der Waals surface area (Å²) in [6.45, 7) is 4.33. The Hall–Kier alpha value is -0.690. The van der Waals surface area contributed by atoms with Crippen molar-refractivity contribution in [1.29, 1.82) is 0 Å². The van der Waals surface area contributed by atoms with Gasteiger partial charge in [-0.3, -0.25) is 4.79 Å². The highest BCUT2D eigenvalue weighted by Crippen LogP contribution is 2.43. The molecule has 4 rings (SSSR count). The Morgan fingerprint density at radius 1 is 1.24 bits per heavy atom. The van der Waals surface area contributed by atoms with Crippen molar-refractivity contribution in [1.82, 2.24) is 4.90 Å². The first-order valence-corrected chi connectivity index (χ1v) is 5.99. The number of carbonyl (C=O) groups is 1. The van der Waals surface area contributed by atoms with Crippen LogP contribution in [-0.4, -0.2) is 54.0 Å². The largest absolute Gasteiger partial charge is 0.349 e. The van der Waals surface area contributed by atoms with Gasteiger partial charge in [0.2, 0.25) is 5.91 Å². The zero-order valence-electron chi connectivity index (χ0n) is 9.79. The minimum atomic E-state index is -0.615. The van der Waals surface area contributed by atoms with Crippen LogP contribution in [0.4, 0.5) is 0 Å². The molecular formula is C11H15NO5. The summed E-state index contributed by atoms with van der Waals surface area (Å²) in [6, 6.07) is 0. The molecule has 0 unspecified atom stereocenters. The summed E-state index contributed by atoms with van der Waals surface area (Å²) in [5.74, 6) is -0.479. The van der Waals surface area contributed by atoms with Crippen molar-refractivity contribution in [2.45, 2.75) is 56.9 Å². The van der Waals surface area contributed by atoms with E-state index >= 15 is 0 Å². The minimum Gasteiger partial charge on any atom is -0.349 e. The second kappa shape index (κ2) is 3.00. The fourth-order valence-electron chi connectivity index (χ4n) is 3.00. The maximum absolute atomic E-state index is 11.3. The van der Waals surface area contributed by atoms with Crippen LogP contribution in [-0.2, 0) is 23.7 Å². The van der Waals surface area contributed by atoms with Crippen LogP contribution in [0.1, 0.15) is 20.3 Å². The van der Waals surface area contributed by atoms with Crippen molar-refractivity contribution in [3.05, 3.63) is 0 Å². The summed E-state index contributed by atoms with van der Waals surface area (Å²) < 4.78 is 23.1. The number of ether oxygens (including phenoxy) is 4. The molecule has 0 aromatic heterocycles. The van der Waals surface area contributed by atoms with Crippen molar-refractivity contribution >= 4 is 5.91 Å². The number of amides is 1. The number of hydrogen-bond acceptors (Lipinski definition) is 5. The van der Waals surface area contributed by atoms with Gasteiger partial charge >= 0.3 is 0 Å². The predicted molar refractivity (Wildman–Crippen MR) is 53.7 cm³/mol. The molecule has 94 valence electrons. The van der Waals surface area contributed by atoms with Gasteiger partial charge in [0.1, 0.15) is 24.5 Å². The summed E-state index contributed by atoms with van der Waals surface area (Å²) in [7, 11) is 0. The van der Waals surface area contributed by atoms with Gasteiger partial charge in [-0.05, 0) is 13.8 Å². The number of nitrogens with zero attached hydrogens (tertiary/aromatic N) is 1. The van der Waals surface area contributed by atoms with Crippen molar-refractivity contribution in [3.63, 3.8) is 0 Å². The van der Waals surface area contributed by atoms with Crippen molar-refractivity contribution < 1.29 is 23.7 Å². The van der Waals surface area contributed by atoms with E-state index < -0.39 is 5.79 Å². The Morgan fingerprint density at radius 3 is 2.82 bits per heavy atom. The van der Waals surface area contributed by atoms with Crippen LogP contribution in [0, 0.1) is 0 Å². The average Bonchev–Trinajstić information content (AvgIpc) is 2.68. The van der Waals surface area contributed by atoms with E-state index in [0.29, 0.717) is 13.0 Å². The van der Waals surface area contributed by atoms with E-state index in [1.54, 1.807) is 4.90 Å². The van der Waals surface area contributed by atoms with Crippen molar-refractivity contribution in [2.24, 2.45) is 0 Å². The Kier molecular flexibility index (Phi) is 1.81. The third-order valence-electron chi connectivity index (χ3n) is 3.80. The van der Waals surface area contributed by atoms with E-state index in [9.17, 15) is 4.79 Å². The lowest BCUT2D eigenvalue weighted by Gasteiger charge is -2.47. The fourth-order valence-corrected chi connectivity index (χ4v) is 3.00. The molecule has 5 atom stereocenters. The molecule has 0 spiro atoms. The van der Waals surface area contributed by atoms with Crippen LogP contribution in [0.15, 0.2) is 0 Å². The molecule has 0 aromatic carbocycles. The second-order valence-corrected chi connectivity index (χ2v) is 5.45. The minimum absolute atomic E-state index is 0.0848. The Morgan fingerprint density at radius 2 is 2.06 bits per heavy atom. The van der Waals surface area contributed by atoms with E-state index in [-0.39, 0.29) is 36.7 Å². The third-order valence-corrected chi connectivity index (χ3v) is 3.80. The van der Waals surface area contributed by atoms with Gasteiger partial charge in [-0.2, -0.15) is 0 Å². The van der Waals surface area contributed by atoms with E-state index in [1.165, 1.54) is 0 Å². The van der Waals surface area contributed by atoms with E-state index in [2.05, 4.69) is 0 Å². The lowest BCUT2D eigenvalue weighted by molar-refractivity contribution is -0.260. The molecule has 0 radical (unpaired) electrons. The highest BCUT2D eigenvalue weighted by molar-refractivity contribution is 5.82. The van der Waals surface area contributed by atoms with Gasteiger partial charge < -0.3 is 23.8 Å². The molecule has 17 heavy (non-hydrogen) atoms. The number of β-lactam (4-membered cyclic amide) rings is 1. The van der Waals surface area contributed by atoms with E-state index in [0.717, 1.165) is 0 Å². The Bertz CT molecular complexity index is 384. The summed E-state index contributed by atoms with van der Waals surface area (Å²) in [6.07, 6.45) is -0.386. The quantitative estimate of drug-likeness (QED) is 0.551. The molecule has 0 bridgehead atoms. The van der Waals surface area contributed by atoms with Gasteiger partial charge in [0.05, 0.1) is 13.0 Å². The lowest BCUT2D eigenvalue weighted by atomic mass is 10.0. The van der Waals surface area contributed by atoms with Gasteiger partial charge in [0.15, 0.2) is 12.1 Å². The summed E-state index contributed by atoms with van der Waals surface area (Å²) in [5.41, 5.74) is 0. The Labute approximate surface area is 98.7 Å². The molecule has 4 fully saturated rings.